The number of ketones is 1. The maximum Gasteiger partial charge on any atom is 0.200 e. The van der Waals surface area contributed by atoms with Crippen molar-refractivity contribution in [3.8, 4) is 17.6 Å². The molecule has 0 amide bonds. The average molecular weight is 281 g/mol. The molecule has 0 aromatic heterocycles. The monoisotopic (exact) mass is 281 g/mol. The summed E-state index contributed by atoms with van der Waals surface area (Å²) in [6.07, 6.45) is 0. The van der Waals surface area contributed by atoms with Gasteiger partial charge in [-0.15, -0.1) is 0 Å². The van der Waals surface area contributed by atoms with Gasteiger partial charge in [-0.3, -0.25) is 4.79 Å². The Morgan fingerprint density at radius 1 is 1.14 bits per heavy atom. The normalized spacial score (nSPS) is 9.76. The molecule has 4 nitrogen and oxygen atoms in total. The number of rotatable bonds is 5. The second kappa shape index (κ2) is 6.58. The first-order valence-corrected chi connectivity index (χ1v) is 6.45. The van der Waals surface area contributed by atoms with E-state index < -0.39 is 0 Å². The Hall–Kier alpha value is -2.80. The first kappa shape index (κ1) is 14.6. The molecular formula is C17H15NO3. The molecule has 0 heterocycles. The quantitative estimate of drug-likeness (QED) is 0.790. The van der Waals surface area contributed by atoms with Crippen LogP contribution in [0.4, 0.5) is 0 Å². The van der Waals surface area contributed by atoms with Crippen LogP contribution in [0.15, 0.2) is 42.5 Å². The number of ether oxygens (including phenoxy) is 2. The lowest BCUT2D eigenvalue weighted by Gasteiger charge is -2.10. The van der Waals surface area contributed by atoms with Gasteiger partial charge in [-0.05, 0) is 19.1 Å². The molecule has 0 bridgehead atoms. The Balaban J connectivity index is 2.07. The molecule has 2 aromatic rings. The Morgan fingerprint density at radius 3 is 2.48 bits per heavy atom. The van der Waals surface area contributed by atoms with Crippen molar-refractivity contribution in [2.45, 2.75) is 6.92 Å². The largest absolute Gasteiger partial charge is 0.493 e. The lowest BCUT2D eigenvalue weighted by Crippen LogP contribution is -2.12. The summed E-state index contributed by atoms with van der Waals surface area (Å²) in [5.41, 5.74) is 2.18. The number of hydrogen-bond donors (Lipinski definition) is 0. The number of methoxy groups -OCH3 is 1. The molecule has 0 unspecified atom stereocenters. The van der Waals surface area contributed by atoms with Gasteiger partial charge in [-0.2, -0.15) is 5.26 Å². The van der Waals surface area contributed by atoms with Crippen LogP contribution in [0.2, 0.25) is 0 Å². The minimum Gasteiger partial charge on any atom is -0.493 e. The smallest absolute Gasteiger partial charge is 0.200 e. The van der Waals surface area contributed by atoms with Crippen LogP contribution in [0.25, 0.3) is 0 Å². The minimum atomic E-state index is -0.110. The lowest BCUT2D eigenvalue weighted by molar-refractivity contribution is 0.0919. The fraction of sp³-hybridized carbons (Fsp3) is 0.176. The summed E-state index contributed by atoms with van der Waals surface area (Å²) in [6.45, 7) is 1.89. The van der Waals surface area contributed by atoms with E-state index in [9.17, 15) is 4.79 Å². The summed E-state index contributed by atoms with van der Waals surface area (Å²) in [5, 5.41) is 8.84. The number of hydrogen-bond acceptors (Lipinski definition) is 4. The molecular weight excluding hydrogens is 266 g/mol. The third-order valence-corrected chi connectivity index (χ3v) is 3.03. The number of nitriles is 1. The molecule has 4 heteroatoms. The van der Waals surface area contributed by atoms with E-state index in [4.69, 9.17) is 14.7 Å². The highest BCUT2D eigenvalue weighted by atomic mass is 16.5. The van der Waals surface area contributed by atoms with Crippen LogP contribution >= 0.6 is 0 Å². The van der Waals surface area contributed by atoms with E-state index in [0.29, 0.717) is 22.6 Å². The number of carbonyl (C=O) groups excluding carboxylic acids is 1. The van der Waals surface area contributed by atoms with Gasteiger partial charge in [0, 0.05) is 11.6 Å². The van der Waals surface area contributed by atoms with Gasteiger partial charge in [0.15, 0.2) is 23.9 Å². The highest BCUT2D eigenvalue weighted by molar-refractivity contribution is 5.97. The molecule has 2 rings (SSSR count). The fourth-order valence-electron chi connectivity index (χ4n) is 1.82. The van der Waals surface area contributed by atoms with Crippen molar-refractivity contribution in [2.24, 2.45) is 0 Å². The standard InChI is InChI=1S/C17H15NO3/c1-12-3-6-14(7-4-12)15(19)11-21-16-8-5-13(10-18)9-17(16)20-2/h3-9H,11H2,1-2H3. The molecule has 0 aliphatic carbocycles. The average Bonchev–Trinajstić information content (AvgIpc) is 2.53. The summed E-state index contributed by atoms with van der Waals surface area (Å²) >= 11 is 0. The summed E-state index contributed by atoms with van der Waals surface area (Å²) < 4.78 is 10.6. The van der Waals surface area contributed by atoms with E-state index in [1.165, 1.54) is 7.11 Å². The van der Waals surface area contributed by atoms with Gasteiger partial charge in [-0.1, -0.05) is 29.8 Å². The third-order valence-electron chi connectivity index (χ3n) is 3.03. The summed E-state index contributed by atoms with van der Waals surface area (Å²) in [7, 11) is 1.49. The molecule has 0 saturated carbocycles. The third kappa shape index (κ3) is 3.61. The maximum absolute atomic E-state index is 12.0. The molecule has 0 spiro atoms. The van der Waals surface area contributed by atoms with E-state index in [2.05, 4.69) is 0 Å². The van der Waals surface area contributed by atoms with Crippen molar-refractivity contribution in [1.82, 2.24) is 0 Å². The summed E-state index contributed by atoms with van der Waals surface area (Å²) in [6, 6.07) is 14.2. The van der Waals surface area contributed by atoms with Gasteiger partial charge >= 0.3 is 0 Å². The molecule has 0 saturated heterocycles. The SMILES string of the molecule is COc1cc(C#N)ccc1OCC(=O)c1ccc(C)cc1. The fourth-order valence-corrected chi connectivity index (χ4v) is 1.82. The van der Waals surface area contributed by atoms with Crippen LogP contribution in [0.5, 0.6) is 11.5 Å². The molecule has 0 radical (unpaired) electrons. The number of benzene rings is 2. The van der Waals surface area contributed by atoms with Gasteiger partial charge in [0.05, 0.1) is 18.7 Å². The predicted octanol–water partition coefficient (Wildman–Crippen LogP) is 3.14. The second-order valence-corrected chi connectivity index (χ2v) is 4.56. The minimum absolute atomic E-state index is 0.0781. The van der Waals surface area contributed by atoms with Gasteiger partial charge in [0.2, 0.25) is 0 Å². The predicted molar refractivity (Wildman–Crippen MR) is 78.7 cm³/mol. The molecule has 2 aromatic carbocycles. The number of carbonyl (C=O) groups is 1. The highest BCUT2D eigenvalue weighted by Gasteiger charge is 2.10. The molecule has 21 heavy (non-hydrogen) atoms. The zero-order valence-corrected chi connectivity index (χ0v) is 11.9. The zero-order valence-electron chi connectivity index (χ0n) is 11.9. The van der Waals surface area contributed by atoms with Crippen LogP contribution < -0.4 is 9.47 Å². The summed E-state index contributed by atoms with van der Waals surface area (Å²) in [5.74, 6) is 0.768. The number of nitrogens with zero attached hydrogens (tertiary/aromatic N) is 1. The first-order chi connectivity index (χ1) is 10.1. The van der Waals surface area contributed by atoms with Gasteiger partial charge < -0.3 is 9.47 Å². The van der Waals surface area contributed by atoms with Gasteiger partial charge in [-0.25, -0.2) is 0 Å². The number of Topliss-reactive ketones (excluding diaryl/α,β-unsaturated/α-hetero) is 1. The first-order valence-electron chi connectivity index (χ1n) is 6.45. The van der Waals surface area contributed by atoms with Crippen LogP contribution in [-0.4, -0.2) is 19.5 Å². The van der Waals surface area contributed by atoms with Crippen molar-refractivity contribution in [1.29, 1.82) is 5.26 Å². The molecule has 0 N–H and O–H groups in total. The molecule has 0 atom stereocenters. The van der Waals surface area contributed by atoms with Gasteiger partial charge in [0.25, 0.3) is 0 Å². The van der Waals surface area contributed by atoms with E-state index >= 15 is 0 Å². The maximum atomic E-state index is 12.0. The Kier molecular flexibility index (Phi) is 4.57. The van der Waals surface area contributed by atoms with Crippen molar-refractivity contribution < 1.29 is 14.3 Å². The Labute approximate surface area is 123 Å². The Bertz CT molecular complexity index is 684. The zero-order chi connectivity index (χ0) is 15.2. The lowest BCUT2D eigenvalue weighted by atomic mass is 10.1. The van der Waals surface area contributed by atoms with Gasteiger partial charge in [0.1, 0.15) is 0 Å². The van der Waals surface area contributed by atoms with E-state index in [1.807, 2.05) is 25.1 Å². The van der Waals surface area contributed by atoms with E-state index in [-0.39, 0.29) is 12.4 Å². The van der Waals surface area contributed by atoms with Crippen LogP contribution in [0.1, 0.15) is 21.5 Å². The topological polar surface area (TPSA) is 59.3 Å². The molecule has 0 aliphatic rings. The highest BCUT2D eigenvalue weighted by Crippen LogP contribution is 2.27. The molecule has 0 aliphatic heterocycles. The van der Waals surface area contributed by atoms with E-state index in [0.717, 1.165) is 5.56 Å². The number of aryl methyl sites for hydroxylation is 1. The molecule has 0 fully saturated rings. The summed E-state index contributed by atoms with van der Waals surface area (Å²) in [4.78, 5) is 12.0. The molecule has 106 valence electrons. The Morgan fingerprint density at radius 2 is 1.86 bits per heavy atom. The van der Waals surface area contributed by atoms with Crippen LogP contribution in [0.3, 0.4) is 0 Å². The van der Waals surface area contributed by atoms with Crippen molar-refractivity contribution in [3.63, 3.8) is 0 Å². The van der Waals surface area contributed by atoms with E-state index in [1.54, 1.807) is 30.3 Å². The van der Waals surface area contributed by atoms with Crippen molar-refractivity contribution in [3.05, 3.63) is 59.2 Å². The van der Waals surface area contributed by atoms with Crippen molar-refractivity contribution >= 4 is 5.78 Å². The van der Waals surface area contributed by atoms with Crippen molar-refractivity contribution in [2.75, 3.05) is 13.7 Å². The van der Waals surface area contributed by atoms with Crippen LogP contribution in [-0.2, 0) is 0 Å². The van der Waals surface area contributed by atoms with Crippen LogP contribution in [0, 0.1) is 18.3 Å². The second-order valence-electron chi connectivity index (χ2n) is 4.56.